The number of hydrogen-bond donors (Lipinski definition) is 2. The van der Waals surface area contributed by atoms with Gasteiger partial charge in [0.05, 0.1) is 11.4 Å². The molecule has 1 amide bonds. The van der Waals surface area contributed by atoms with Crippen molar-refractivity contribution in [1.29, 1.82) is 0 Å². The molecule has 0 saturated heterocycles. The Hall–Kier alpha value is -1.85. The summed E-state index contributed by atoms with van der Waals surface area (Å²) in [5, 5.41) is 2.85. The van der Waals surface area contributed by atoms with Crippen molar-refractivity contribution in [1.82, 2.24) is 14.9 Å². The topological polar surface area (TPSA) is 87.7 Å². The predicted octanol–water partition coefficient (Wildman–Crippen LogP) is 0.541. The van der Waals surface area contributed by atoms with Crippen LogP contribution >= 0.6 is 0 Å². The molecule has 1 rings (SSSR count). The average Bonchev–Trinajstić information content (AvgIpc) is 2.49. The molecule has 1 aromatic carbocycles. The molecule has 24 heavy (non-hydrogen) atoms. The lowest BCUT2D eigenvalue weighted by molar-refractivity contribution is -0.274. The number of carbonyl (C=O) groups excluding carboxylic acids is 1. The molecule has 11 heteroatoms. The highest BCUT2D eigenvalue weighted by Gasteiger charge is 2.31. The van der Waals surface area contributed by atoms with Crippen LogP contribution in [0.1, 0.15) is 0 Å². The first-order valence-corrected chi connectivity index (χ1v) is 8.27. The molecule has 0 bridgehead atoms. The second kappa shape index (κ2) is 8.31. The largest absolute Gasteiger partial charge is 0.573 e. The van der Waals surface area contributed by atoms with E-state index in [0.29, 0.717) is 13.1 Å². The third-order valence-electron chi connectivity index (χ3n) is 2.90. The number of nitrogens with one attached hydrogen (secondary N) is 2. The molecule has 0 aromatic heterocycles. The van der Waals surface area contributed by atoms with E-state index in [2.05, 4.69) is 14.8 Å². The molecule has 0 heterocycles. The number of hydrogen-bond acceptors (Lipinski definition) is 5. The Morgan fingerprint density at radius 3 is 2.33 bits per heavy atom. The van der Waals surface area contributed by atoms with Crippen molar-refractivity contribution in [2.75, 3.05) is 33.7 Å². The van der Waals surface area contributed by atoms with Crippen LogP contribution in [-0.4, -0.2) is 59.3 Å². The summed E-state index contributed by atoms with van der Waals surface area (Å²) >= 11 is 0. The van der Waals surface area contributed by atoms with Crippen molar-refractivity contribution in [3.63, 3.8) is 0 Å². The minimum absolute atomic E-state index is 0.275. The summed E-state index contributed by atoms with van der Waals surface area (Å²) in [6, 6.07) is 3.67. The predicted molar refractivity (Wildman–Crippen MR) is 79.9 cm³/mol. The van der Waals surface area contributed by atoms with Gasteiger partial charge in [-0.05, 0) is 31.3 Å². The maximum absolute atomic E-state index is 12.1. The van der Waals surface area contributed by atoms with Gasteiger partial charge in [-0.2, -0.15) is 0 Å². The number of halogens is 3. The Bertz CT molecular complexity index is 647. The first-order chi connectivity index (χ1) is 11.0. The molecule has 0 spiro atoms. The number of benzene rings is 1. The fraction of sp³-hybridized carbons (Fsp3) is 0.462. The number of carbonyl (C=O) groups is 1. The lowest BCUT2D eigenvalue weighted by Crippen LogP contribution is -2.40. The Labute approximate surface area is 137 Å². The maximum Gasteiger partial charge on any atom is 0.573 e. The number of alkyl halides is 3. The summed E-state index contributed by atoms with van der Waals surface area (Å²) < 4.78 is 65.9. The van der Waals surface area contributed by atoms with Gasteiger partial charge in [-0.1, -0.05) is 0 Å². The van der Waals surface area contributed by atoms with E-state index in [1.165, 1.54) is 11.9 Å². The second-order valence-corrected chi connectivity index (χ2v) is 6.53. The monoisotopic (exact) mass is 369 g/mol. The van der Waals surface area contributed by atoms with Gasteiger partial charge < -0.3 is 15.0 Å². The fourth-order valence-corrected chi connectivity index (χ4v) is 2.57. The molecule has 0 fully saturated rings. The van der Waals surface area contributed by atoms with Gasteiger partial charge in [-0.15, -0.1) is 13.2 Å². The normalized spacial score (nSPS) is 12.0. The van der Waals surface area contributed by atoms with Crippen molar-refractivity contribution in [2.24, 2.45) is 0 Å². The molecule has 1 aromatic rings. The van der Waals surface area contributed by atoms with Crippen LogP contribution in [0.2, 0.25) is 0 Å². The van der Waals surface area contributed by atoms with Crippen LogP contribution < -0.4 is 14.8 Å². The molecule has 0 aliphatic rings. The number of likely N-dealkylation sites (N-methyl/N-ethyl adjacent to an activating group) is 2. The van der Waals surface area contributed by atoms with Crippen molar-refractivity contribution in [2.45, 2.75) is 11.3 Å². The molecule has 0 atom stereocenters. The van der Waals surface area contributed by atoms with Crippen molar-refractivity contribution >= 4 is 15.9 Å². The van der Waals surface area contributed by atoms with Crippen molar-refractivity contribution in [3.05, 3.63) is 24.3 Å². The van der Waals surface area contributed by atoms with Gasteiger partial charge in [0.1, 0.15) is 5.75 Å². The number of nitrogens with zero attached hydrogens (tertiary/aromatic N) is 1. The number of ether oxygens (including phenoxy) is 1. The van der Waals surface area contributed by atoms with Crippen LogP contribution in [0.4, 0.5) is 13.2 Å². The molecule has 136 valence electrons. The third-order valence-corrected chi connectivity index (χ3v) is 4.32. The van der Waals surface area contributed by atoms with E-state index in [1.54, 1.807) is 7.05 Å². The van der Waals surface area contributed by atoms with Crippen LogP contribution in [-0.2, 0) is 14.8 Å². The molecule has 0 unspecified atom stereocenters. The van der Waals surface area contributed by atoms with Gasteiger partial charge in [-0.25, -0.2) is 13.1 Å². The highest BCUT2D eigenvalue weighted by atomic mass is 32.2. The molecular weight excluding hydrogens is 351 g/mol. The summed E-state index contributed by atoms with van der Waals surface area (Å²) in [6.07, 6.45) is -4.86. The third kappa shape index (κ3) is 6.72. The molecule has 0 aliphatic carbocycles. The first kappa shape index (κ1) is 20.2. The lowest BCUT2D eigenvalue weighted by Gasteiger charge is -2.17. The zero-order chi connectivity index (χ0) is 18.4. The summed E-state index contributed by atoms with van der Waals surface area (Å²) in [7, 11) is -0.779. The van der Waals surface area contributed by atoms with E-state index in [4.69, 9.17) is 0 Å². The summed E-state index contributed by atoms with van der Waals surface area (Å²) in [6.45, 7) is 0.500. The SMILES string of the molecule is CNCCN(C)C(=O)CNS(=O)(=O)c1ccc(OC(F)(F)F)cc1. The van der Waals surface area contributed by atoms with Crippen LogP contribution in [0.3, 0.4) is 0 Å². The standard InChI is InChI=1S/C13H18F3N3O4S/c1-17-7-8-19(2)12(20)9-18-24(21,22)11-5-3-10(4-6-11)23-13(14,15)16/h3-6,17-18H,7-9H2,1-2H3. The van der Waals surface area contributed by atoms with Gasteiger partial charge in [0.25, 0.3) is 0 Å². The lowest BCUT2D eigenvalue weighted by atomic mass is 10.3. The van der Waals surface area contributed by atoms with Gasteiger partial charge in [0.15, 0.2) is 0 Å². The Morgan fingerprint density at radius 2 is 1.83 bits per heavy atom. The highest BCUT2D eigenvalue weighted by molar-refractivity contribution is 7.89. The van der Waals surface area contributed by atoms with E-state index >= 15 is 0 Å². The highest BCUT2D eigenvalue weighted by Crippen LogP contribution is 2.23. The Balaban J connectivity index is 2.67. The van der Waals surface area contributed by atoms with Crippen LogP contribution in [0.25, 0.3) is 0 Å². The van der Waals surface area contributed by atoms with E-state index in [9.17, 15) is 26.4 Å². The maximum atomic E-state index is 12.1. The van der Waals surface area contributed by atoms with E-state index in [1.807, 2.05) is 0 Å². The fourth-order valence-electron chi connectivity index (χ4n) is 1.60. The zero-order valence-corrected chi connectivity index (χ0v) is 13.9. The Morgan fingerprint density at radius 1 is 1.25 bits per heavy atom. The second-order valence-electron chi connectivity index (χ2n) is 4.76. The minimum atomic E-state index is -4.86. The van der Waals surface area contributed by atoms with Crippen molar-refractivity contribution < 1.29 is 31.1 Å². The van der Waals surface area contributed by atoms with Crippen LogP contribution in [0.15, 0.2) is 29.2 Å². The van der Waals surface area contributed by atoms with Crippen LogP contribution in [0.5, 0.6) is 5.75 Å². The minimum Gasteiger partial charge on any atom is -0.406 e. The van der Waals surface area contributed by atoms with E-state index < -0.39 is 34.6 Å². The number of amides is 1. The Kier molecular flexibility index (Phi) is 6.99. The molecule has 0 radical (unpaired) electrons. The van der Waals surface area contributed by atoms with Crippen molar-refractivity contribution in [3.8, 4) is 5.75 Å². The summed E-state index contributed by atoms with van der Waals surface area (Å²) in [5.41, 5.74) is 0. The van der Waals surface area contributed by atoms with Crippen LogP contribution in [0, 0.1) is 0 Å². The van der Waals surface area contributed by atoms with Gasteiger partial charge >= 0.3 is 6.36 Å². The quantitative estimate of drug-likeness (QED) is 0.699. The average molecular weight is 369 g/mol. The molecule has 7 nitrogen and oxygen atoms in total. The van der Waals surface area contributed by atoms with Gasteiger partial charge in [-0.3, -0.25) is 4.79 Å². The number of rotatable bonds is 8. The van der Waals surface area contributed by atoms with E-state index in [0.717, 1.165) is 24.3 Å². The summed E-state index contributed by atoms with van der Waals surface area (Å²) in [4.78, 5) is 12.8. The van der Waals surface area contributed by atoms with Gasteiger partial charge in [0, 0.05) is 20.1 Å². The number of sulfonamides is 1. The smallest absolute Gasteiger partial charge is 0.406 e. The van der Waals surface area contributed by atoms with Gasteiger partial charge in [0.2, 0.25) is 15.9 Å². The summed E-state index contributed by atoms with van der Waals surface area (Å²) in [5.74, 6) is -0.977. The molecule has 0 saturated carbocycles. The molecule has 0 aliphatic heterocycles. The zero-order valence-electron chi connectivity index (χ0n) is 13.1. The first-order valence-electron chi connectivity index (χ1n) is 6.79. The van der Waals surface area contributed by atoms with E-state index in [-0.39, 0.29) is 4.90 Å². The molecular formula is C13H18F3N3O4S. The molecule has 2 N–H and O–H groups in total.